The Morgan fingerprint density at radius 2 is 2.00 bits per heavy atom. The average molecular weight is 361 g/mol. The largest absolute Gasteiger partial charge is 0.507 e. The van der Waals surface area contributed by atoms with E-state index in [1.807, 2.05) is 6.92 Å². The van der Waals surface area contributed by atoms with Gasteiger partial charge in [0.2, 0.25) is 0 Å². The normalized spacial score (nSPS) is 24.3. The summed E-state index contributed by atoms with van der Waals surface area (Å²) < 4.78 is 0. The smallest absolute Gasteiger partial charge is 0.339 e. The molecule has 140 valence electrons. The van der Waals surface area contributed by atoms with Gasteiger partial charge in [0.05, 0.1) is 0 Å². The molecular formula is C18H23N3O5. The van der Waals surface area contributed by atoms with E-state index in [0.717, 1.165) is 31.5 Å². The molecule has 0 unspecified atom stereocenters. The van der Waals surface area contributed by atoms with Crippen LogP contribution in [0.5, 0.6) is 5.75 Å². The van der Waals surface area contributed by atoms with E-state index in [-0.39, 0.29) is 23.1 Å². The Hall–Kier alpha value is -2.61. The van der Waals surface area contributed by atoms with E-state index < -0.39 is 17.5 Å². The maximum Gasteiger partial charge on any atom is 0.339 e. The lowest BCUT2D eigenvalue weighted by molar-refractivity contribution is -0.126. The molecule has 2 aliphatic rings. The number of carboxylic acid groups (broad SMARTS) is 1. The molecule has 0 bridgehead atoms. The molecule has 1 atom stereocenters. The fourth-order valence-electron chi connectivity index (χ4n) is 4.03. The number of hydrogen-bond donors (Lipinski definition) is 4. The van der Waals surface area contributed by atoms with Gasteiger partial charge in [0, 0.05) is 6.54 Å². The lowest BCUT2D eigenvalue weighted by atomic mass is 9.76. The fraction of sp³-hybridized carbons (Fsp3) is 0.500. The third kappa shape index (κ3) is 3.24. The second-order valence-corrected chi connectivity index (χ2v) is 6.94. The van der Waals surface area contributed by atoms with Gasteiger partial charge in [0.1, 0.15) is 16.9 Å². The van der Waals surface area contributed by atoms with E-state index in [2.05, 4.69) is 15.5 Å². The number of urea groups is 1. The first-order chi connectivity index (χ1) is 12.4. The number of nitrogens with zero attached hydrogens (tertiary/aromatic N) is 1. The predicted octanol–water partition coefficient (Wildman–Crippen LogP) is 1.29. The molecule has 8 nitrogen and oxygen atoms in total. The second-order valence-electron chi connectivity index (χ2n) is 6.94. The van der Waals surface area contributed by atoms with Crippen molar-refractivity contribution >= 4 is 17.9 Å². The van der Waals surface area contributed by atoms with Crippen LogP contribution in [0.25, 0.3) is 0 Å². The zero-order valence-electron chi connectivity index (χ0n) is 14.6. The molecule has 0 saturated carbocycles. The van der Waals surface area contributed by atoms with Crippen molar-refractivity contribution in [1.29, 1.82) is 0 Å². The van der Waals surface area contributed by atoms with Crippen LogP contribution in [0.4, 0.5) is 4.79 Å². The number of hydrogen-bond acceptors (Lipinski definition) is 5. The number of benzene rings is 1. The highest BCUT2D eigenvalue weighted by molar-refractivity contribution is 6.07. The van der Waals surface area contributed by atoms with Gasteiger partial charge in [-0.1, -0.05) is 13.0 Å². The van der Waals surface area contributed by atoms with Crippen LogP contribution in [0, 0.1) is 5.92 Å². The van der Waals surface area contributed by atoms with Gasteiger partial charge in [0.25, 0.3) is 5.91 Å². The number of imide groups is 1. The minimum Gasteiger partial charge on any atom is -0.507 e. The van der Waals surface area contributed by atoms with Crippen LogP contribution in [0.3, 0.4) is 0 Å². The first-order valence-corrected chi connectivity index (χ1v) is 8.77. The Bertz CT molecular complexity index is 742. The maximum atomic E-state index is 12.3. The molecule has 1 aromatic carbocycles. The molecule has 0 aromatic heterocycles. The summed E-state index contributed by atoms with van der Waals surface area (Å²) in [6.45, 7) is 3.98. The molecule has 1 aromatic rings. The first-order valence-electron chi connectivity index (χ1n) is 8.77. The molecule has 3 rings (SSSR count). The van der Waals surface area contributed by atoms with Crippen LogP contribution in [-0.4, -0.2) is 51.6 Å². The van der Waals surface area contributed by atoms with Crippen LogP contribution in [-0.2, 0) is 11.3 Å². The standard InChI is InChI=1S/C18H23N3O5/c1-2-18(16(25)19-17(26)20-18)12-5-7-21(8-6-12)10-11-3-4-14(22)13(9-11)15(23)24/h3-4,9,12,22H,2,5-8,10H2,1H3,(H,23,24)(H2,19,20,25,26)/t18-/m0/s1. The molecule has 2 heterocycles. The van der Waals surface area contributed by atoms with Gasteiger partial charge in [-0.2, -0.15) is 0 Å². The molecule has 4 N–H and O–H groups in total. The zero-order chi connectivity index (χ0) is 18.9. The summed E-state index contributed by atoms with van der Waals surface area (Å²) in [6, 6.07) is 4.17. The van der Waals surface area contributed by atoms with Crippen LogP contribution in [0.1, 0.15) is 42.1 Å². The topological polar surface area (TPSA) is 119 Å². The first kappa shape index (κ1) is 18.2. The third-order valence-electron chi connectivity index (χ3n) is 5.51. The highest BCUT2D eigenvalue weighted by Crippen LogP contribution is 2.34. The van der Waals surface area contributed by atoms with Crippen molar-refractivity contribution in [2.75, 3.05) is 13.1 Å². The lowest BCUT2D eigenvalue weighted by Crippen LogP contribution is -2.55. The molecule has 2 saturated heterocycles. The molecule has 0 spiro atoms. The van der Waals surface area contributed by atoms with Crippen molar-refractivity contribution in [3.8, 4) is 5.75 Å². The summed E-state index contributed by atoms with van der Waals surface area (Å²) in [6.07, 6.45) is 2.09. The third-order valence-corrected chi connectivity index (χ3v) is 5.51. The summed E-state index contributed by atoms with van der Waals surface area (Å²) in [7, 11) is 0. The predicted molar refractivity (Wildman–Crippen MR) is 92.8 cm³/mol. The van der Waals surface area contributed by atoms with Crippen molar-refractivity contribution in [2.45, 2.75) is 38.3 Å². The van der Waals surface area contributed by atoms with Gasteiger partial charge in [-0.25, -0.2) is 9.59 Å². The van der Waals surface area contributed by atoms with Crippen LogP contribution >= 0.6 is 0 Å². The van der Waals surface area contributed by atoms with Crippen molar-refractivity contribution in [2.24, 2.45) is 5.92 Å². The number of aromatic carboxylic acids is 1. The van der Waals surface area contributed by atoms with E-state index >= 15 is 0 Å². The zero-order valence-corrected chi connectivity index (χ0v) is 14.6. The van der Waals surface area contributed by atoms with Crippen molar-refractivity contribution in [1.82, 2.24) is 15.5 Å². The highest BCUT2D eigenvalue weighted by Gasteiger charge is 2.50. The average Bonchev–Trinajstić information content (AvgIpc) is 2.91. The summed E-state index contributed by atoms with van der Waals surface area (Å²) in [5.41, 5.74) is -0.110. The van der Waals surface area contributed by atoms with E-state index in [0.29, 0.717) is 13.0 Å². The fourth-order valence-corrected chi connectivity index (χ4v) is 4.03. The van der Waals surface area contributed by atoms with E-state index in [1.54, 1.807) is 6.07 Å². The Kier molecular flexibility index (Phi) is 4.86. The molecule has 0 radical (unpaired) electrons. The van der Waals surface area contributed by atoms with Gasteiger partial charge < -0.3 is 15.5 Å². The Labute approximate surface area is 151 Å². The van der Waals surface area contributed by atoms with Crippen LogP contribution in [0.2, 0.25) is 0 Å². The van der Waals surface area contributed by atoms with E-state index in [1.165, 1.54) is 12.1 Å². The van der Waals surface area contributed by atoms with Crippen LogP contribution < -0.4 is 10.6 Å². The Morgan fingerprint density at radius 3 is 2.54 bits per heavy atom. The SMILES string of the molecule is CC[C@@]1(C2CCN(Cc3ccc(O)c(C(=O)O)c3)CC2)NC(=O)NC1=O. The van der Waals surface area contributed by atoms with Gasteiger partial charge in [-0.3, -0.25) is 15.0 Å². The number of carbonyl (C=O) groups is 3. The highest BCUT2D eigenvalue weighted by atomic mass is 16.4. The maximum absolute atomic E-state index is 12.3. The van der Waals surface area contributed by atoms with Crippen molar-refractivity contribution in [3.05, 3.63) is 29.3 Å². The molecule has 26 heavy (non-hydrogen) atoms. The molecule has 3 amide bonds. The number of amides is 3. The van der Waals surface area contributed by atoms with E-state index in [4.69, 9.17) is 5.11 Å². The van der Waals surface area contributed by atoms with Gasteiger partial charge in [0.15, 0.2) is 0 Å². The van der Waals surface area contributed by atoms with Crippen molar-refractivity contribution < 1.29 is 24.6 Å². The molecule has 0 aliphatic carbocycles. The molecule has 2 aliphatic heterocycles. The molecule has 2 fully saturated rings. The second kappa shape index (κ2) is 6.95. The number of aromatic hydroxyl groups is 1. The molecular weight excluding hydrogens is 338 g/mol. The number of carbonyl (C=O) groups excluding carboxylic acids is 2. The Balaban J connectivity index is 1.64. The number of piperidine rings is 1. The monoisotopic (exact) mass is 361 g/mol. The summed E-state index contributed by atoms with van der Waals surface area (Å²) in [4.78, 5) is 37.1. The molecule has 8 heteroatoms. The minimum atomic E-state index is -1.16. The van der Waals surface area contributed by atoms with Gasteiger partial charge in [-0.15, -0.1) is 0 Å². The summed E-state index contributed by atoms with van der Waals surface area (Å²) in [5.74, 6) is -1.57. The summed E-state index contributed by atoms with van der Waals surface area (Å²) >= 11 is 0. The van der Waals surface area contributed by atoms with Gasteiger partial charge >= 0.3 is 12.0 Å². The number of nitrogens with one attached hydrogen (secondary N) is 2. The summed E-state index contributed by atoms with van der Waals surface area (Å²) in [5, 5.41) is 23.9. The van der Waals surface area contributed by atoms with Crippen LogP contribution in [0.15, 0.2) is 18.2 Å². The minimum absolute atomic E-state index is 0.0737. The van der Waals surface area contributed by atoms with Crippen molar-refractivity contribution in [3.63, 3.8) is 0 Å². The quantitative estimate of drug-likeness (QED) is 0.587. The number of likely N-dealkylation sites (tertiary alicyclic amines) is 1. The number of rotatable bonds is 5. The van der Waals surface area contributed by atoms with Gasteiger partial charge in [-0.05, 0) is 56.0 Å². The lowest BCUT2D eigenvalue weighted by Gasteiger charge is -2.40. The van der Waals surface area contributed by atoms with E-state index in [9.17, 15) is 19.5 Å². The number of phenols is 1. The Morgan fingerprint density at radius 1 is 1.31 bits per heavy atom. The number of carboxylic acids is 1.